The average molecular weight is 478 g/mol. The molecule has 1 heterocycles. The predicted octanol–water partition coefficient (Wildman–Crippen LogP) is 2.89. The third-order valence-electron chi connectivity index (χ3n) is 5.31. The SMILES string of the molecule is CCOc1ccc(N2C(N)=C(C#N)C(c3ccccc3)C(C(=O)OC)=C2C(=O)OC)c([N+](=O)[O-])c1. The lowest BCUT2D eigenvalue weighted by Gasteiger charge is -2.35. The molecule has 0 amide bonds. The summed E-state index contributed by atoms with van der Waals surface area (Å²) in [6.07, 6.45) is 0. The van der Waals surface area contributed by atoms with Crippen molar-refractivity contribution in [3.05, 3.63) is 86.9 Å². The van der Waals surface area contributed by atoms with E-state index in [-0.39, 0.29) is 35.0 Å². The van der Waals surface area contributed by atoms with Crippen molar-refractivity contribution in [2.45, 2.75) is 12.8 Å². The fraction of sp³-hybridized carbons (Fsp3) is 0.208. The fourth-order valence-electron chi connectivity index (χ4n) is 3.86. The molecule has 11 heteroatoms. The maximum absolute atomic E-state index is 13.1. The van der Waals surface area contributed by atoms with Gasteiger partial charge in [0.1, 0.15) is 23.0 Å². The van der Waals surface area contributed by atoms with Gasteiger partial charge in [0.05, 0.1) is 54.9 Å². The second kappa shape index (κ2) is 10.4. The minimum atomic E-state index is -1.08. The topological polar surface area (TPSA) is 158 Å². The highest BCUT2D eigenvalue weighted by Gasteiger charge is 2.44. The van der Waals surface area contributed by atoms with E-state index in [1.165, 1.54) is 12.1 Å². The number of ether oxygens (including phenoxy) is 3. The Labute approximate surface area is 200 Å². The first-order valence-electron chi connectivity index (χ1n) is 10.4. The molecule has 2 aromatic rings. The smallest absolute Gasteiger partial charge is 0.355 e. The second-order valence-corrected chi connectivity index (χ2v) is 7.18. The molecule has 0 radical (unpaired) electrons. The van der Waals surface area contributed by atoms with Crippen LogP contribution in [0.25, 0.3) is 0 Å². The van der Waals surface area contributed by atoms with Crippen LogP contribution in [0.1, 0.15) is 18.4 Å². The minimum Gasteiger partial charge on any atom is -0.494 e. The number of nitrogens with zero attached hydrogens (tertiary/aromatic N) is 3. The summed E-state index contributed by atoms with van der Waals surface area (Å²) < 4.78 is 15.2. The normalized spacial score (nSPS) is 15.4. The summed E-state index contributed by atoms with van der Waals surface area (Å²) in [7, 11) is 2.20. The number of nitro benzene ring substituents is 1. The molecular weight excluding hydrogens is 456 g/mol. The van der Waals surface area contributed by atoms with Gasteiger partial charge in [0.15, 0.2) is 0 Å². The average Bonchev–Trinajstić information content (AvgIpc) is 2.87. The van der Waals surface area contributed by atoms with Crippen molar-refractivity contribution in [3.8, 4) is 11.8 Å². The summed E-state index contributed by atoms with van der Waals surface area (Å²) in [6, 6.07) is 14.3. The van der Waals surface area contributed by atoms with Crippen LogP contribution in [0.2, 0.25) is 0 Å². The number of nitro groups is 1. The molecule has 1 atom stereocenters. The first-order chi connectivity index (χ1) is 16.8. The number of benzene rings is 2. The van der Waals surface area contributed by atoms with Crippen LogP contribution in [-0.4, -0.2) is 37.7 Å². The number of hydrogen-bond acceptors (Lipinski definition) is 10. The molecule has 180 valence electrons. The minimum absolute atomic E-state index is 0.104. The third-order valence-corrected chi connectivity index (χ3v) is 5.31. The Morgan fingerprint density at radius 3 is 2.34 bits per heavy atom. The summed E-state index contributed by atoms with van der Waals surface area (Å²) in [4.78, 5) is 38.4. The number of nitriles is 1. The quantitative estimate of drug-likeness (QED) is 0.356. The molecular formula is C24H22N4O7. The largest absolute Gasteiger partial charge is 0.494 e. The van der Waals surface area contributed by atoms with Crippen LogP contribution in [0.3, 0.4) is 0 Å². The molecule has 1 aliphatic heterocycles. The highest BCUT2D eigenvalue weighted by Crippen LogP contribution is 2.45. The molecule has 2 N–H and O–H groups in total. The van der Waals surface area contributed by atoms with Crippen molar-refractivity contribution in [1.29, 1.82) is 5.26 Å². The molecule has 35 heavy (non-hydrogen) atoms. The summed E-state index contributed by atoms with van der Waals surface area (Å²) in [5.41, 5.74) is 5.46. The van der Waals surface area contributed by atoms with Crippen molar-refractivity contribution in [3.63, 3.8) is 0 Å². The van der Waals surface area contributed by atoms with Gasteiger partial charge in [-0.25, -0.2) is 9.59 Å². The van der Waals surface area contributed by atoms with E-state index in [9.17, 15) is 25.0 Å². The van der Waals surface area contributed by atoms with Crippen LogP contribution in [0.5, 0.6) is 5.75 Å². The van der Waals surface area contributed by atoms with Crippen molar-refractivity contribution < 1.29 is 28.7 Å². The van der Waals surface area contributed by atoms with Gasteiger partial charge in [-0.1, -0.05) is 30.3 Å². The molecule has 1 unspecified atom stereocenters. The van der Waals surface area contributed by atoms with E-state index in [0.29, 0.717) is 5.56 Å². The Bertz CT molecular complexity index is 1280. The van der Waals surface area contributed by atoms with Gasteiger partial charge in [0.25, 0.3) is 5.69 Å². The van der Waals surface area contributed by atoms with Gasteiger partial charge in [-0.2, -0.15) is 5.26 Å². The van der Waals surface area contributed by atoms with Gasteiger partial charge in [-0.3, -0.25) is 15.0 Å². The molecule has 0 saturated carbocycles. The fourth-order valence-corrected chi connectivity index (χ4v) is 3.86. The zero-order chi connectivity index (χ0) is 25.7. The molecule has 0 spiro atoms. The number of hydrogen-bond donors (Lipinski definition) is 1. The predicted molar refractivity (Wildman–Crippen MR) is 124 cm³/mol. The molecule has 0 saturated heterocycles. The number of rotatable bonds is 7. The molecule has 0 aromatic heterocycles. The second-order valence-electron chi connectivity index (χ2n) is 7.18. The van der Waals surface area contributed by atoms with Crippen LogP contribution in [0.15, 0.2) is 71.2 Å². The van der Waals surface area contributed by atoms with Gasteiger partial charge in [-0.15, -0.1) is 0 Å². The Balaban J connectivity index is 2.44. The van der Waals surface area contributed by atoms with Crippen molar-refractivity contribution in [2.24, 2.45) is 5.73 Å². The Hall–Kier alpha value is -4.85. The molecule has 11 nitrogen and oxygen atoms in total. The van der Waals surface area contributed by atoms with Crippen molar-refractivity contribution >= 4 is 23.3 Å². The zero-order valence-electron chi connectivity index (χ0n) is 19.2. The number of methoxy groups -OCH3 is 2. The Kier molecular flexibility index (Phi) is 7.36. The first kappa shape index (κ1) is 24.8. The highest BCUT2D eigenvalue weighted by atomic mass is 16.6. The van der Waals surface area contributed by atoms with Crippen LogP contribution < -0.4 is 15.4 Å². The molecule has 1 aliphatic rings. The summed E-state index contributed by atoms with van der Waals surface area (Å²) in [6.45, 7) is 1.98. The number of esters is 2. The zero-order valence-corrected chi connectivity index (χ0v) is 19.2. The lowest BCUT2D eigenvalue weighted by Crippen LogP contribution is -2.41. The molecule has 0 aliphatic carbocycles. The molecule has 0 bridgehead atoms. The Morgan fingerprint density at radius 2 is 1.80 bits per heavy atom. The van der Waals surface area contributed by atoms with Crippen molar-refractivity contribution in [2.75, 3.05) is 25.7 Å². The van der Waals surface area contributed by atoms with Crippen LogP contribution in [-0.2, 0) is 19.1 Å². The highest BCUT2D eigenvalue weighted by molar-refractivity contribution is 6.06. The van der Waals surface area contributed by atoms with Gasteiger partial charge in [0.2, 0.25) is 0 Å². The molecule has 2 aromatic carbocycles. The van der Waals surface area contributed by atoms with E-state index < -0.39 is 34.2 Å². The maximum atomic E-state index is 13.1. The van der Waals surface area contributed by atoms with Gasteiger partial charge < -0.3 is 19.9 Å². The first-order valence-corrected chi connectivity index (χ1v) is 10.4. The van der Waals surface area contributed by atoms with Crippen LogP contribution in [0.4, 0.5) is 11.4 Å². The number of nitrogens with two attached hydrogens (primary N) is 1. The van der Waals surface area contributed by atoms with E-state index in [0.717, 1.165) is 25.2 Å². The van der Waals surface area contributed by atoms with E-state index in [1.807, 2.05) is 6.07 Å². The van der Waals surface area contributed by atoms with E-state index in [4.69, 9.17) is 19.9 Å². The van der Waals surface area contributed by atoms with Crippen LogP contribution in [0, 0.1) is 21.4 Å². The van der Waals surface area contributed by atoms with E-state index in [1.54, 1.807) is 37.3 Å². The van der Waals surface area contributed by atoms with E-state index >= 15 is 0 Å². The lowest BCUT2D eigenvalue weighted by molar-refractivity contribution is -0.384. The number of anilines is 1. The standard InChI is InChI=1S/C24H22N4O7/c1-4-35-15-10-11-17(18(12-15)28(31)32)27-21(24(30)34-3)20(23(29)33-2)19(16(13-25)22(27)26)14-8-6-5-7-9-14/h5-12,19H,4,26H2,1-3H3. The summed E-state index contributed by atoms with van der Waals surface area (Å²) in [5.74, 6) is -3.09. The summed E-state index contributed by atoms with van der Waals surface area (Å²) >= 11 is 0. The monoisotopic (exact) mass is 478 g/mol. The number of carbonyl (C=O) groups excluding carboxylic acids is 2. The molecule has 0 fully saturated rings. The van der Waals surface area contributed by atoms with E-state index in [2.05, 4.69) is 0 Å². The molecule has 3 rings (SSSR count). The maximum Gasteiger partial charge on any atom is 0.355 e. The number of allylic oxidation sites excluding steroid dienone is 1. The van der Waals surface area contributed by atoms with Crippen LogP contribution >= 0.6 is 0 Å². The third kappa shape index (κ3) is 4.49. The van der Waals surface area contributed by atoms with Gasteiger partial charge in [-0.05, 0) is 24.6 Å². The summed E-state index contributed by atoms with van der Waals surface area (Å²) in [5, 5.41) is 22.0. The van der Waals surface area contributed by atoms with Gasteiger partial charge >= 0.3 is 11.9 Å². The Morgan fingerprint density at radius 1 is 1.14 bits per heavy atom. The number of carbonyl (C=O) groups is 2. The lowest BCUT2D eigenvalue weighted by atomic mass is 9.81. The van der Waals surface area contributed by atoms with Crippen molar-refractivity contribution in [1.82, 2.24) is 0 Å². The van der Waals surface area contributed by atoms with Gasteiger partial charge in [0, 0.05) is 0 Å².